The van der Waals surface area contributed by atoms with E-state index >= 15 is 0 Å². The highest BCUT2D eigenvalue weighted by molar-refractivity contribution is 5.69. The number of H-pyrrole nitrogens is 1. The summed E-state index contributed by atoms with van der Waals surface area (Å²) in [5.74, 6) is -0.361. The molecule has 0 saturated carbocycles. The Labute approximate surface area is 126 Å². The van der Waals surface area contributed by atoms with E-state index in [4.69, 9.17) is 9.47 Å². The van der Waals surface area contributed by atoms with Crippen molar-refractivity contribution in [1.82, 2.24) is 9.55 Å². The molecule has 0 radical (unpaired) electrons. The van der Waals surface area contributed by atoms with Gasteiger partial charge in [0, 0.05) is 24.6 Å². The number of rotatable bonds is 5. The molecule has 22 heavy (non-hydrogen) atoms. The molecule has 0 amide bonds. The van der Waals surface area contributed by atoms with Gasteiger partial charge in [0.25, 0.3) is 5.56 Å². The average molecular weight is 312 g/mol. The van der Waals surface area contributed by atoms with Crippen molar-refractivity contribution in [3.05, 3.63) is 32.6 Å². The summed E-state index contributed by atoms with van der Waals surface area (Å²) < 4.78 is 12.1. The van der Waals surface area contributed by atoms with E-state index in [0.29, 0.717) is 12.0 Å². The van der Waals surface area contributed by atoms with Gasteiger partial charge in [-0.3, -0.25) is 19.1 Å². The Morgan fingerprint density at radius 1 is 1.55 bits per heavy atom. The zero-order chi connectivity index (χ0) is 16.3. The van der Waals surface area contributed by atoms with Gasteiger partial charge in [0.2, 0.25) is 0 Å². The van der Waals surface area contributed by atoms with Gasteiger partial charge in [-0.1, -0.05) is 6.92 Å². The van der Waals surface area contributed by atoms with E-state index in [-0.39, 0.29) is 25.4 Å². The van der Waals surface area contributed by atoms with Crippen molar-refractivity contribution in [2.75, 3.05) is 6.61 Å². The van der Waals surface area contributed by atoms with Crippen molar-refractivity contribution in [1.29, 1.82) is 0 Å². The number of aryl methyl sites for hydroxylation is 1. The molecule has 1 saturated heterocycles. The van der Waals surface area contributed by atoms with Crippen molar-refractivity contribution in [2.45, 2.75) is 51.5 Å². The molecule has 0 spiro atoms. The van der Waals surface area contributed by atoms with Gasteiger partial charge in [-0.15, -0.1) is 0 Å². The summed E-state index contributed by atoms with van der Waals surface area (Å²) in [7, 11) is 0. The number of nitrogens with zero attached hydrogens (tertiary/aromatic N) is 1. The first kappa shape index (κ1) is 16.4. The van der Waals surface area contributed by atoms with E-state index in [1.807, 2.05) is 6.92 Å². The molecular weight excluding hydrogens is 292 g/mol. The molecular formula is C14H20N2O6. The third-order valence-electron chi connectivity index (χ3n) is 3.55. The van der Waals surface area contributed by atoms with Crippen LogP contribution in [0.4, 0.5) is 0 Å². The Morgan fingerprint density at radius 3 is 2.91 bits per heavy atom. The number of carbonyl (C=O) groups is 1. The largest absolute Gasteiger partial charge is 0.459 e. The van der Waals surface area contributed by atoms with Crippen LogP contribution in [-0.2, 0) is 14.3 Å². The molecule has 8 nitrogen and oxygen atoms in total. The second-order valence-electron chi connectivity index (χ2n) is 5.30. The molecule has 2 heterocycles. The highest BCUT2D eigenvalue weighted by Crippen LogP contribution is 2.30. The molecule has 1 fully saturated rings. The van der Waals surface area contributed by atoms with Gasteiger partial charge in [0.1, 0.15) is 18.4 Å². The lowest BCUT2D eigenvalue weighted by Gasteiger charge is -2.16. The summed E-state index contributed by atoms with van der Waals surface area (Å²) in [6.07, 6.45) is 0.593. The van der Waals surface area contributed by atoms with E-state index in [0.717, 1.165) is 0 Å². The quantitative estimate of drug-likeness (QED) is 0.731. The molecule has 3 atom stereocenters. The summed E-state index contributed by atoms with van der Waals surface area (Å²) >= 11 is 0. The molecule has 2 rings (SSSR count). The van der Waals surface area contributed by atoms with Gasteiger partial charge < -0.3 is 14.6 Å². The minimum atomic E-state index is -0.695. The van der Waals surface area contributed by atoms with Gasteiger partial charge in [0.05, 0.1) is 6.61 Å². The first-order valence-corrected chi connectivity index (χ1v) is 7.24. The summed E-state index contributed by atoms with van der Waals surface area (Å²) in [6, 6.07) is 0. The number of carbonyl (C=O) groups excluding carboxylic acids is 1. The number of nitrogens with one attached hydrogen (secondary N) is 1. The molecule has 122 valence electrons. The fraction of sp³-hybridized carbons (Fsp3) is 0.643. The normalized spacial score (nSPS) is 24.4. The lowest BCUT2D eigenvalue weighted by Crippen LogP contribution is -2.33. The Balaban J connectivity index is 2.18. The van der Waals surface area contributed by atoms with E-state index in [9.17, 15) is 19.5 Å². The number of hydrogen-bond acceptors (Lipinski definition) is 6. The Kier molecular flexibility index (Phi) is 5.15. The zero-order valence-electron chi connectivity index (χ0n) is 12.6. The molecule has 0 aliphatic carbocycles. The smallest absolute Gasteiger partial charge is 0.330 e. The van der Waals surface area contributed by atoms with Crippen molar-refractivity contribution in [3.63, 3.8) is 0 Å². The fourth-order valence-corrected chi connectivity index (χ4v) is 2.39. The number of aliphatic hydroxyl groups excluding tert-OH is 1. The van der Waals surface area contributed by atoms with Gasteiger partial charge >= 0.3 is 11.7 Å². The lowest BCUT2D eigenvalue weighted by atomic mass is 10.2. The van der Waals surface area contributed by atoms with Crippen LogP contribution in [0.15, 0.2) is 15.8 Å². The third kappa shape index (κ3) is 3.45. The molecule has 0 aromatic carbocycles. The van der Waals surface area contributed by atoms with Crippen LogP contribution in [-0.4, -0.2) is 39.4 Å². The van der Waals surface area contributed by atoms with E-state index in [1.165, 1.54) is 10.8 Å². The predicted molar refractivity (Wildman–Crippen MR) is 76.5 cm³/mol. The monoisotopic (exact) mass is 312 g/mol. The van der Waals surface area contributed by atoms with E-state index in [2.05, 4.69) is 4.98 Å². The van der Waals surface area contributed by atoms with E-state index in [1.54, 1.807) is 6.92 Å². The van der Waals surface area contributed by atoms with Crippen LogP contribution in [0, 0.1) is 6.92 Å². The second-order valence-corrected chi connectivity index (χ2v) is 5.30. The van der Waals surface area contributed by atoms with Crippen LogP contribution in [0.1, 0.15) is 38.0 Å². The Bertz CT molecular complexity index is 649. The highest BCUT2D eigenvalue weighted by atomic mass is 16.6. The molecule has 1 aliphatic rings. The Hall–Kier alpha value is -1.93. The molecule has 1 aliphatic heterocycles. The van der Waals surface area contributed by atoms with Crippen LogP contribution < -0.4 is 11.2 Å². The minimum Gasteiger partial charge on any atom is -0.459 e. The summed E-state index contributed by atoms with van der Waals surface area (Å²) in [6.45, 7) is 3.12. The van der Waals surface area contributed by atoms with E-state index < -0.39 is 29.7 Å². The molecule has 0 bridgehead atoms. The van der Waals surface area contributed by atoms with Gasteiger partial charge in [-0.25, -0.2) is 4.79 Å². The third-order valence-corrected chi connectivity index (χ3v) is 3.55. The Morgan fingerprint density at radius 2 is 2.27 bits per heavy atom. The SMILES string of the molecule is CCCC(=O)O[C@H]1C[C@H](n2cc(C)c(=O)[nH]c2=O)O[C@@H]1CO. The lowest BCUT2D eigenvalue weighted by molar-refractivity contribution is -0.153. The highest BCUT2D eigenvalue weighted by Gasteiger charge is 2.38. The first-order chi connectivity index (χ1) is 10.5. The van der Waals surface area contributed by atoms with Crippen LogP contribution in [0.2, 0.25) is 0 Å². The minimum absolute atomic E-state index is 0.242. The molecule has 1 aromatic rings. The van der Waals surface area contributed by atoms with Crippen LogP contribution in [0.25, 0.3) is 0 Å². The number of aliphatic hydroxyl groups is 1. The van der Waals surface area contributed by atoms with Crippen molar-refractivity contribution >= 4 is 5.97 Å². The molecule has 1 aromatic heterocycles. The number of aromatic amines is 1. The topological polar surface area (TPSA) is 111 Å². The summed E-state index contributed by atoms with van der Waals surface area (Å²) in [5.41, 5.74) is -0.683. The predicted octanol–water partition coefficient (Wildman–Crippen LogP) is -0.163. The fourth-order valence-electron chi connectivity index (χ4n) is 2.39. The summed E-state index contributed by atoms with van der Waals surface area (Å²) in [4.78, 5) is 37.0. The number of aromatic nitrogens is 2. The zero-order valence-corrected chi connectivity index (χ0v) is 12.6. The molecule has 0 unspecified atom stereocenters. The van der Waals surface area contributed by atoms with Gasteiger partial charge in [-0.05, 0) is 13.3 Å². The summed E-state index contributed by atoms with van der Waals surface area (Å²) in [5, 5.41) is 9.35. The molecule has 8 heteroatoms. The first-order valence-electron chi connectivity index (χ1n) is 7.24. The standard InChI is InChI=1S/C14H20N2O6/c1-3-4-12(18)22-9-5-11(21-10(9)7-17)16-6-8(2)13(19)15-14(16)20/h6,9-11,17H,3-5,7H2,1-2H3,(H,15,19,20)/t9-,10+,11+/m0/s1. The van der Waals surface area contributed by atoms with Crippen LogP contribution in [0.3, 0.4) is 0 Å². The van der Waals surface area contributed by atoms with Gasteiger partial charge in [-0.2, -0.15) is 0 Å². The van der Waals surface area contributed by atoms with Crippen molar-refractivity contribution in [2.24, 2.45) is 0 Å². The number of ether oxygens (including phenoxy) is 2. The maximum absolute atomic E-state index is 11.9. The second kappa shape index (κ2) is 6.89. The maximum atomic E-state index is 11.9. The van der Waals surface area contributed by atoms with Gasteiger partial charge in [0.15, 0.2) is 0 Å². The van der Waals surface area contributed by atoms with Crippen LogP contribution >= 0.6 is 0 Å². The number of esters is 1. The van der Waals surface area contributed by atoms with Crippen LogP contribution in [0.5, 0.6) is 0 Å². The molecule has 2 N–H and O–H groups in total. The van der Waals surface area contributed by atoms with Crippen molar-refractivity contribution < 1.29 is 19.4 Å². The average Bonchev–Trinajstić information content (AvgIpc) is 2.85. The van der Waals surface area contributed by atoms with Crippen molar-refractivity contribution in [3.8, 4) is 0 Å². The maximum Gasteiger partial charge on any atom is 0.330 e. The number of hydrogen-bond donors (Lipinski definition) is 2.